The summed E-state index contributed by atoms with van der Waals surface area (Å²) in [5, 5.41) is 3.28. The molecule has 1 heterocycles. The molecule has 0 aliphatic heterocycles. The van der Waals surface area contributed by atoms with Crippen molar-refractivity contribution in [3.05, 3.63) is 70.1 Å². The van der Waals surface area contributed by atoms with E-state index in [1.54, 1.807) is 12.1 Å². The number of aryl methyl sites for hydroxylation is 1. The Morgan fingerprint density at radius 1 is 1.26 bits per heavy atom. The summed E-state index contributed by atoms with van der Waals surface area (Å²) in [6.07, 6.45) is 9.64. The average Bonchev–Trinajstić information content (AvgIpc) is 2.94. The van der Waals surface area contributed by atoms with Crippen LogP contribution in [0.25, 0.3) is 0 Å². The molecule has 94 valence electrons. The highest BCUT2D eigenvalue weighted by atomic mass is 35.5. The molecule has 0 unspecified atom stereocenters. The van der Waals surface area contributed by atoms with Crippen LogP contribution in [0.3, 0.4) is 0 Å². The molecule has 1 aromatic heterocycles. The number of fused-ring (bicyclic) bond motifs is 1. The number of hydrogen-bond donors (Lipinski definition) is 1. The zero-order valence-corrected chi connectivity index (χ0v) is 11.0. The van der Waals surface area contributed by atoms with Gasteiger partial charge in [-0.25, -0.2) is 4.98 Å². The fourth-order valence-corrected chi connectivity index (χ4v) is 2.33. The Labute approximate surface area is 116 Å². The van der Waals surface area contributed by atoms with Crippen molar-refractivity contribution in [3.8, 4) is 0 Å². The maximum Gasteiger partial charge on any atom is 0.256 e. The Bertz CT molecular complexity index is 696. The van der Waals surface area contributed by atoms with E-state index in [2.05, 4.69) is 10.3 Å². The summed E-state index contributed by atoms with van der Waals surface area (Å²) in [7, 11) is 0. The molecule has 1 amide bonds. The fraction of sp³-hybridized carbons (Fsp3) is 0.0667. The van der Waals surface area contributed by atoms with Gasteiger partial charge in [0.2, 0.25) is 0 Å². The number of amides is 1. The van der Waals surface area contributed by atoms with Gasteiger partial charge in [-0.05, 0) is 36.3 Å². The number of halogens is 1. The third-order valence-electron chi connectivity index (χ3n) is 3.11. The first-order valence-electron chi connectivity index (χ1n) is 5.91. The molecule has 0 atom stereocenters. The Morgan fingerprint density at radius 3 is 2.89 bits per heavy atom. The topological polar surface area (TPSA) is 42.0 Å². The second-order valence-corrected chi connectivity index (χ2v) is 4.75. The molecule has 0 saturated heterocycles. The van der Waals surface area contributed by atoms with Crippen LogP contribution in [0.1, 0.15) is 5.69 Å². The normalized spacial score (nSPS) is 15.8. The van der Waals surface area contributed by atoms with Crippen molar-refractivity contribution in [2.75, 3.05) is 5.32 Å². The van der Waals surface area contributed by atoms with Gasteiger partial charge in [-0.1, -0.05) is 35.9 Å². The number of aromatic nitrogens is 1. The Morgan fingerprint density at radius 2 is 2.11 bits per heavy atom. The van der Waals surface area contributed by atoms with Crippen molar-refractivity contribution in [1.82, 2.24) is 4.98 Å². The van der Waals surface area contributed by atoms with Crippen LogP contribution in [-0.4, -0.2) is 10.9 Å². The van der Waals surface area contributed by atoms with E-state index in [0.717, 1.165) is 11.1 Å². The first-order valence-corrected chi connectivity index (χ1v) is 6.28. The monoisotopic (exact) mass is 270 g/mol. The van der Waals surface area contributed by atoms with Gasteiger partial charge < -0.3 is 5.32 Å². The molecule has 0 saturated carbocycles. The van der Waals surface area contributed by atoms with E-state index in [-0.39, 0.29) is 5.91 Å². The Hall–Kier alpha value is -2.13. The highest BCUT2D eigenvalue weighted by Gasteiger charge is 2.20. The largest absolute Gasteiger partial charge is 0.320 e. The van der Waals surface area contributed by atoms with Gasteiger partial charge in [0, 0.05) is 5.57 Å². The number of allylic oxidation sites excluding steroid dienone is 6. The van der Waals surface area contributed by atoms with Crippen LogP contribution in [0.4, 0.5) is 5.69 Å². The van der Waals surface area contributed by atoms with Crippen LogP contribution < -0.4 is 5.32 Å². The molecule has 3 rings (SSSR count). The molecule has 4 heteroatoms. The molecule has 0 fully saturated rings. The van der Waals surface area contributed by atoms with Gasteiger partial charge in [-0.2, -0.15) is 0 Å². The van der Waals surface area contributed by atoms with Crippen molar-refractivity contribution < 1.29 is 4.79 Å². The molecule has 19 heavy (non-hydrogen) atoms. The first kappa shape index (κ1) is 11.9. The molecular formula is C15H11ClN2O. The third-order valence-corrected chi connectivity index (χ3v) is 3.32. The van der Waals surface area contributed by atoms with E-state index in [1.807, 2.05) is 37.3 Å². The van der Waals surface area contributed by atoms with Crippen LogP contribution in [0, 0.1) is 6.92 Å². The lowest BCUT2D eigenvalue weighted by molar-refractivity contribution is -0.112. The van der Waals surface area contributed by atoms with Gasteiger partial charge >= 0.3 is 0 Å². The second kappa shape index (κ2) is 4.52. The van der Waals surface area contributed by atoms with Crippen LogP contribution in [0.5, 0.6) is 0 Å². The predicted octanol–water partition coefficient (Wildman–Crippen LogP) is 3.34. The zero-order chi connectivity index (χ0) is 13.4. The fourth-order valence-electron chi connectivity index (χ4n) is 2.14. The number of carbonyl (C=O) groups is 1. The second-order valence-electron chi connectivity index (χ2n) is 4.36. The molecular weight excluding hydrogens is 260 g/mol. The predicted molar refractivity (Wildman–Crippen MR) is 76.0 cm³/mol. The van der Waals surface area contributed by atoms with Crippen LogP contribution in [0.15, 0.2) is 59.2 Å². The summed E-state index contributed by atoms with van der Waals surface area (Å²) >= 11 is 5.79. The van der Waals surface area contributed by atoms with E-state index in [0.29, 0.717) is 22.1 Å². The zero-order valence-electron chi connectivity index (χ0n) is 10.3. The van der Waals surface area contributed by atoms with Crippen LogP contribution in [-0.2, 0) is 4.79 Å². The Kier molecular flexibility index (Phi) is 2.84. The summed E-state index contributed by atoms with van der Waals surface area (Å²) in [5.41, 5.74) is 4.10. The van der Waals surface area contributed by atoms with Crippen molar-refractivity contribution >= 4 is 23.2 Å². The quantitative estimate of drug-likeness (QED) is 0.838. The highest BCUT2D eigenvalue weighted by molar-refractivity contribution is 6.29. The van der Waals surface area contributed by atoms with E-state index in [4.69, 9.17) is 11.6 Å². The lowest BCUT2D eigenvalue weighted by Crippen LogP contribution is -2.14. The SMILES string of the molecule is Cc1nc(Cl)ccc1NC(=O)C1=C2C=CC=C2C=C1. The van der Waals surface area contributed by atoms with Crippen molar-refractivity contribution in [3.63, 3.8) is 0 Å². The maximum absolute atomic E-state index is 12.3. The van der Waals surface area contributed by atoms with E-state index < -0.39 is 0 Å². The number of anilines is 1. The molecule has 0 aromatic carbocycles. The summed E-state index contributed by atoms with van der Waals surface area (Å²) in [6.45, 7) is 1.81. The summed E-state index contributed by atoms with van der Waals surface area (Å²) < 4.78 is 0. The van der Waals surface area contributed by atoms with E-state index >= 15 is 0 Å². The van der Waals surface area contributed by atoms with Crippen LogP contribution in [0.2, 0.25) is 5.15 Å². The van der Waals surface area contributed by atoms with Gasteiger partial charge in [-0.3, -0.25) is 4.79 Å². The highest BCUT2D eigenvalue weighted by Crippen LogP contribution is 2.30. The standard InChI is InChI=1S/C15H11ClN2O/c1-9-13(7-8-14(16)17-9)18-15(19)12-6-5-10-3-2-4-11(10)12/h2-8H,1H3,(H,18,19). The Balaban J connectivity index is 1.87. The van der Waals surface area contributed by atoms with Crippen LogP contribution >= 0.6 is 11.6 Å². The number of carbonyl (C=O) groups excluding carboxylic acids is 1. The third kappa shape index (κ3) is 2.13. The molecule has 3 nitrogen and oxygen atoms in total. The minimum Gasteiger partial charge on any atom is -0.320 e. The van der Waals surface area contributed by atoms with Crippen molar-refractivity contribution in [2.24, 2.45) is 0 Å². The van der Waals surface area contributed by atoms with Gasteiger partial charge in [0.25, 0.3) is 5.91 Å². The number of pyridine rings is 1. The number of hydrogen-bond acceptors (Lipinski definition) is 2. The van der Waals surface area contributed by atoms with Gasteiger partial charge in [0.05, 0.1) is 11.4 Å². The molecule has 1 aromatic rings. The number of nitrogens with zero attached hydrogens (tertiary/aromatic N) is 1. The minimum atomic E-state index is -0.131. The molecule has 1 N–H and O–H groups in total. The van der Waals surface area contributed by atoms with Crippen molar-refractivity contribution in [1.29, 1.82) is 0 Å². The smallest absolute Gasteiger partial charge is 0.256 e. The lowest BCUT2D eigenvalue weighted by Gasteiger charge is -2.08. The molecule has 2 aliphatic carbocycles. The van der Waals surface area contributed by atoms with E-state index in [9.17, 15) is 4.79 Å². The summed E-state index contributed by atoms with van der Waals surface area (Å²) in [4.78, 5) is 16.4. The van der Waals surface area contributed by atoms with Gasteiger partial charge in [0.1, 0.15) is 5.15 Å². The van der Waals surface area contributed by atoms with Gasteiger partial charge in [-0.15, -0.1) is 0 Å². The summed E-state index contributed by atoms with van der Waals surface area (Å²) in [6, 6.07) is 3.42. The van der Waals surface area contributed by atoms with Gasteiger partial charge in [0.15, 0.2) is 0 Å². The van der Waals surface area contributed by atoms with Crippen molar-refractivity contribution in [2.45, 2.75) is 6.92 Å². The number of nitrogens with one attached hydrogen (secondary N) is 1. The lowest BCUT2D eigenvalue weighted by atomic mass is 10.1. The summed E-state index contributed by atoms with van der Waals surface area (Å²) in [5.74, 6) is -0.131. The minimum absolute atomic E-state index is 0.131. The maximum atomic E-state index is 12.3. The average molecular weight is 271 g/mol. The first-order chi connectivity index (χ1) is 9.15. The number of rotatable bonds is 2. The molecule has 0 spiro atoms. The molecule has 0 bridgehead atoms. The van der Waals surface area contributed by atoms with E-state index in [1.165, 1.54) is 0 Å². The molecule has 2 aliphatic rings. The molecule has 0 radical (unpaired) electrons.